The van der Waals surface area contributed by atoms with Gasteiger partial charge in [0.05, 0.1) is 12.7 Å². The number of hydrogen-bond donors (Lipinski definition) is 1. The van der Waals surface area contributed by atoms with Gasteiger partial charge in [-0.05, 0) is 42.5 Å². The number of nitrogens with zero attached hydrogens (tertiary/aromatic N) is 1. The van der Waals surface area contributed by atoms with Crippen LogP contribution < -0.4 is 4.74 Å². The fraction of sp³-hybridized carbons (Fsp3) is 0.286. The third-order valence-electron chi connectivity index (χ3n) is 5.18. The number of piperidine rings is 1. The Labute approximate surface area is 151 Å². The molecule has 1 fully saturated rings. The maximum atomic E-state index is 14.2. The minimum absolute atomic E-state index is 0.106. The van der Waals surface area contributed by atoms with Crippen molar-refractivity contribution in [1.82, 2.24) is 9.88 Å². The van der Waals surface area contributed by atoms with Gasteiger partial charge in [0.2, 0.25) is 0 Å². The average molecular weight is 352 g/mol. The van der Waals surface area contributed by atoms with Crippen molar-refractivity contribution in [2.24, 2.45) is 0 Å². The van der Waals surface area contributed by atoms with Crippen molar-refractivity contribution >= 4 is 16.8 Å². The van der Waals surface area contributed by atoms with Gasteiger partial charge >= 0.3 is 0 Å². The number of nitrogens with one attached hydrogen (secondary N) is 1. The largest absolute Gasteiger partial charge is 0.497 e. The van der Waals surface area contributed by atoms with Crippen LogP contribution in [0.5, 0.6) is 5.75 Å². The van der Waals surface area contributed by atoms with Crippen LogP contribution in [-0.2, 0) is 0 Å². The second-order valence-electron chi connectivity index (χ2n) is 6.72. The van der Waals surface area contributed by atoms with E-state index in [0.29, 0.717) is 24.8 Å². The van der Waals surface area contributed by atoms with E-state index in [2.05, 4.69) is 23.2 Å². The molecule has 1 amide bonds. The standard InChI is InChI=1S/C21H21FN2O2/c1-26-16-6-7-17(18(22)13-16)21(25)24-10-8-14(9-11-24)20-12-15-4-2-3-5-19(15)23-20/h2-7,12-14,23H,8-11H2,1H3. The van der Waals surface area contributed by atoms with E-state index in [-0.39, 0.29) is 11.5 Å². The molecule has 2 heterocycles. The molecule has 0 atom stereocenters. The number of aromatic nitrogens is 1. The number of carbonyl (C=O) groups is 1. The molecule has 3 aromatic rings. The Morgan fingerprint density at radius 1 is 1.15 bits per heavy atom. The lowest BCUT2D eigenvalue weighted by Crippen LogP contribution is -2.38. The zero-order chi connectivity index (χ0) is 18.1. The molecule has 1 N–H and O–H groups in total. The Bertz CT molecular complexity index is 909. The fourth-order valence-corrected chi connectivity index (χ4v) is 3.68. The van der Waals surface area contributed by atoms with Gasteiger partial charge in [-0.2, -0.15) is 0 Å². The van der Waals surface area contributed by atoms with Crippen molar-refractivity contribution in [3.05, 3.63) is 65.6 Å². The lowest BCUT2D eigenvalue weighted by atomic mass is 9.93. The Balaban J connectivity index is 1.45. The summed E-state index contributed by atoms with van der Waals surface area (Å²) in [4.78, 5) is 17.9. The van der Waals surface area contributed by atoms with E-state index >= 15 is 0 Å². The van der Waals surface area contributed by atoms with E-state index in [1.807, 2.05) is 12.1 Å². The van der Waals surface area contributed by atoms with E-state index < -0.39 is 5.82 Å². The Kier molecular flexibility index (Phi) is 4.37. The molecule has 0 unspecified atom stereocenters. The molecule has 1 saturated heterocycles. The van der Waals surface area contributed by atoms with Crippen molar-refractivity contribution in [3.8, 4) is 5.75 Å². The Morgan fingerprint density at radius 3 is 2.62 bits per heavy atom. The van der Waals surface area contributed by atoms with Gasteiger partial charge in [-0.3, -0.25) is 4.79 Å². The highest BCUT2D eigenvalue weighted by Crippen LogP contribution is 2.30. The molecule has 5 heteroatoms. The van der Waals surface area contributed by atoms with E-state index in [0.717, 1.165) is 18.4 Å². The van der Waals surface area contributed by atoms with Crippen molar-refractivity contribution in [2.45, 2.75) is 18.8 Å². The number of rotatable bonds is 3. The molecule has 4 rings (SSSR count). The van der Waals surface area contributed by atoms with Crippen molar-refractivity contribution in [2.75, 3.05) is 20.2 Å². The second-order valence-corrected chi connectivity index (χ2v) is 6.72. The molecule has 1 aliphatic rings. The van der Waals surface area contributed by atoms with Gasteiger partial charge in [0.15, 0.2) is 0 Å². The summed E-state index contributed by atoms with van der Waals surface area (Å²) in [5.74, 6) is 0.0241. The first-order valence-electron chi connectivity index (χ1n) is 8.86. The van der Waals surface area contributed by atoms with Gasteiger partial charge < -0.3 is 14.6 Å². The van der Waals surface area contributed by atoms with Crippen LogP contribution in [-0.4, -0.2) is 36.0 Å². The lowest BCUT2D eigenvalue weighted by molar-refractivity contribution is 0.0707. The van der Waals surface area contributed by atoms with Gasteiger partial charge in [0.25, 0.3) is 5.91 Å². The highest BCUT2D eigenvalue weighted by atomic mass is 19.1. The molecule has 0 spiro atoms. The summed E-state index contributed by atoms with van der Waals surface area (Å²) in [5.41, 5.74) is 2.46. The summed E-state index contributed by atoms with van der Waals surface area (Å²) in [5, 5.41) is 1.21. The van der Waals surface area contributed by atoms with Crippen LogP contribution in [0.25, 0.3) is 10.9 Å². The molecular weight excluding hydrogens is 331 g/mol. The number of amides is 1. The maximum Gasteiger partial charge on any atom is 0.256 e. The highest BCUT2D eigenvalue weighted by Gasteiger charge is 2.27. The Hall–Kier alpha value is -2.82. The third kappa shape index (κ3) is 3.05. The summed E-state index contributed by atoms with van der Waals surface area (Å²) in [6.07, 6.45) is 1.74. The SMILES string of the molecule is COc1ccc(C(=O)N2CCC(c3cc4ccccc4[nH]3)CC2)c(F)c1. The minimum atomic E-state index is -0.535. The summed E-state index contributed by atoms with van der Waals surface area (Å²) in [6.45, 7) is 1.26. The Morgan fingerprint density at radius 2 is 1.92 bits per heavy atom. The number of aromatic amines is 1. The number of para-hydroxylation sites is 1. The van der Waals surface area contributed by atoms with Crippen LogP contribution in [0.2, 0.25) is 0 Å². The van der Waals surface area contributed by atoms with Gasteiger partial charge in [0.1, 0.15) is 11.6 Å². The number of ether oxygens (including phenoxy) is 1. The van der Waals surface area contributed by atoms with Gasteiger partial charge in [-0.1, -0.05) is 18.2 Å². The molecule has 134 valence electrons. The molecule has 1 aliphatic heterocycles. The van der Waals surface area contributed by atoms with Crippen molar-refractivity contribution in [3.63, 3.8) is 0 Å². The number of carbonyl (C=O) groups excluding carboxylic acids is 1. The molecule has 0 saturated carbocycles. The first-order chi connectivity index (χ1) is 12.7. The molecule has 0 bridgehead atoms. The minimum Gasteiger partial charge on any atom is -0.497 e. The van der Waals surface area contributed by atoms with Gasteiger partial charge in [-0.15, -0.1) is 0 Å². The fourth-order valence-electron chi connectivity index (χ4n) is 3.68. The number of fused-ring (bicyclic) bond motifs is 1. The number of benzene rings is 2. The zero-order valence-electron chi connectivity index (χ0n) is 14.7. The summed E-state index contributed by atoms with van der Waals surface area (Å²) < 4.78 is 19.2. The van der Waals surface area contributed by atoms with Crippen molar-refractivity contribution < 1.29 is 13.9 Å². The normalized spacial score (nSPS) is 15.4. The van der Waals surface area contributed by atoms with Crippen molar-refractivity contribution in [1.29, 1.82) is 0 Å². The number of halogens is 1. The van der Waals surface area contributed by atoms with E-state index in [1.165, 1.54) is 30.3 Å². The summed E-state index contributed by atoms with van der Waals surface area (Å²) in [7, 11) is 1.48. The molecule has 26 heavy (non-hydrogen) atoms. The maximum absolute atomic E-state index is 14.2. The van der Waals surface area contributed by atoms with Crippen LogP contribution >= 0.6 is 0 Å². The molecule has 2 aromatic carbocycles. The topological polar surface area (TPSA) is 45.3 Å². The number of H-pyrrole nitrogens is 1. The van der Waals surface area contributed by atoms with Crippen LogP contribution in [0.1, 0.15) is 34.8 Å². The first-order valence-corrected chi connectivity index (χ1v) is 8.86. The quantitative estimate of drug-likeness (QED) is 0.762. The third-order valence-corrected chi connectivity index (χ3v) is 5.18. The number of hydrogen-bond acceptors (Lipinski definition) is 2. The van der Waals surface area contributed by atoms with Gasteiger partial charge in [-0.25, -0.2) is 4.39 Å². The second kappa shape index (κ2) is 6.83. The number of likely N-dealkylation sites (tertiary alicyclic amines) is 1. The summed E-state index contributed by atoms with van der Waals surface area (Å²) >= 11 is 0. The van der Waals surface area contributed by atoms with E-state index in [1.54, 1.807) is 11.0 Å². The van der Waals surface area contributed by atoms with Crippen LogP contribution in [0.3, 0.4) is 0 Å². The predicted octanol–water partition coefficient (Wildman–Crippen LogP) is 4.34. The molecule has 0 radical (unpaired) electrons. The molecule has 4 nitrogen and oxygen atoms in total. The highest BCUT2D eigenvalue weighted by molar-refractivity contribution is 5.94. The van der Waals surface area contributed by atoms with Crippen LogP contribution in [0.15, 0.2) is 48.5 Å². The molecule has 0 aliphatic carbocycles. The molecular formula is C21H21FN2O2. The summed E-state index contributed by atoms with van der Waals surface area (Å²) in [6, 6.07) is 14.8. The van der Waals surface area contributed by atoms with Crippen LogP contribution in [0.4, 0.5) is 4.39 Å². The zero-order valence-corrected chi connectivity index (χ0v) is 14.7. The number of methoxy groups -OCH3 is 1. The first kappa shape index (κ1) is 16.6. The van der Waals surface area contributed by atoms with E-state index in [9.17, 15) is 9.18 Å². The lowest BCUT2D eigenvalue weighted by Gasteiger charge is -2.31. The predicted molar refractivity (Wildman–Crippen MR) is 99.1 cm³/mol. The van der Waals surface area contributed by atoms with Gasteiger partial charge in [0, 0.05) is 36.3 Å². The smallest absolute Gasteiger partial charge is 0.256 e. The molecule has 1 aromatic heterocycles. The van der Waals surface area contributed by atoms with Crippen LogP contribution in [0, 0.1) is 5.82 Å². The monoisotopic (exact) mass is 352 g/mol. The average Bonchev–Trinajstić information content (AvgIpc) is 3.11. The van der Waals surface area contributed by atoms with E-state index in [4.69, 9.17) is 4.74 Å².